The van der Waals surface area contributed by atoms with E-state index in [0.717, 1.165) is 52.7 Å². The summed E-state index contributed by atoms with van der Waals surface area (Å²) in [6.45, 7) is 7.80. The summed E-state index contributed by atoms with van der Waals surface area (Å²) in [5, 5.41) is 13.3. The number of aliphatic hydroxyl groups excluding tert-OH is 1. The third kappa shape index (κ3) is 5.54. The third-order valence-electron chi connectivity index (χ3n) is 6.05. The Morgan fingerprint density at radius 2 is 1.53 bits per heavy atom. The number of benzene rings is 2. The average Bonchev–Trinajstić information content (AvgIpc) is 3.05. The van der Waals surface area contributed by atoms with E-state index in [0.29, 0.717) is 26.1 Å². The highest BCUT2D eigenvalue weighted by Crippen LogP contribution is 2.33. The zero-order valence-electron chi connectivity index (χ0n) is 18.3. The molecule has 0 aliphatic carbocycles. The second kappa shape index (κ2) is 10.7. The lowest BCUT2D eigenvalue weighted by molar-refractivity contribution is -0.143. The van der Waals surface area contributed by atoms with Crippen LogP contribution in [0.3, 0.4) is 0 Å². The van der Waals surface area contributed by atoms with E-state index in [-0.39, 0.29) is 5.97 Å². The molecular weight excluding hydrogens is 538 g/mol. The van der Waals surface area contributed by atoms with Crippen molar-refractivity contribution >= 4 is 59.6 Å². The van der Waals surface area contributed by atoms with Crippen LogP contribution in [0.2, 0.25) is 0 Å². The quantitative estimate of drug-likeness (QED) is 0.413. The molecule has 1 N–H and O–H groups in total. The lowest BCUT2D eigenvalue weighted by atomic mass is 10.2. The van der Waals surface area contributed by atoms with Crippen molar-refractivity contribution in [2.24, 2.45) is 0 Å². The number of carbonyl (C=O) groups is 1. The molecule has 1 aliphatic heterocycles. The first-order valence-electron chi connectivity index (χ1n) is 11.1. The van der Waals surface area contributed by atoms with Crippen molar-refractivity contribution in [3.63, 3.8) is 0 Å². The smallest absolute Gasteiger partial charge is 0.307 e. The predicted molar refractivity (Wildman–Crippen MR) is 135 cm³/mol. The Bertz CT molecular complexity index is 1030. The van der Waals surface area contributed by atoms with Gasteiger partial charge in [0.25, 0.3) is 0 Å². The van der Waals surface area contributed by atoms with Gasteiger partial charge in [-0.3, -0.25) is 9.69 Å². The molecule has 2 heterocycles. The lowest BCUT2D eigenvalue weighted by Crippen LogP contribution is -2.49. The highest BCUT2D eigenvalue weighted by molar-refractivity contribution is 9.10. The molecule has 0 radical (unpaired) electrons. The summed E-state index contributed by atoms with van der Waals surface area (Å²) >= 11 is 7.17. The monoisotopic (exact) mass is 565 g/mol. The van der Waals surface area contributed by atoms with Gasteiger partial charge in [0.2, 0.25) is 0 Å². The number of piperazine rings is 1. The Kier molecular flexibility index (Phi) is 7.89. The van der Waals surface area contributed by atoms with Gasteiger partial charge in [-0.2, -0.15) is 0 Å². The van der Waals surface area contributed by atoms with Gasteiger partial charge in [-0.05, 0) is 43.3 Å². The number of ether oxygens (including phenoxy) is 1. The minimum absolute atomic E-state index is 0.129. The second-order valence-corrected chi connectivity index (χ2v) is 10.1. The highest BCUT2D eigenvalue weighted by atomic mass is 79.9. The van der Waals surface area contributed by atoms with Crippen molar-refractivity contribution < 1.29 is 14.6 Å². The molecular formula is C24H29Br2N3O3. The molecule has 3 aromatic rings. The molecule has 0 saturated carbocycles. The zero-order chi connectivity index (χ0) is 22.7. The Morgan fingerprint density at radius 3 is 2.09 bits per heavy atom. The number of aliphatic hydroxyl groups is 1. The Morgan fingerprint density at radius 1 is 0.969 bits per heavy atom. The van der Waals surface area contributed by atoms with Gasteiger partial charge >= 0.3 is 5.97 Å². The maximum Gasteiger partial charge on any atom is 0.307 e. The van der Waals surface area contributed by atoms with Gasteiger partial charge < -0.3 is 19.3 Å². The van der Waals surface area contributed by atoms with Crippen molar-refractivity contribution in [1.29, 1.82) is 0 Å². The van der Waals surface area contributed by atoms with Gasteiger partial charge in [-0.15, -0.1) is 0 Å². The Balaban J connectivity index is 1.39. The van der Waals surface area contributed by atoms with E-state index in [1.165, 1.54) is 10.8 Å². The average molecular weight is 567 g/mol. The van der Waals surface area contributed by atoms with Gasteiger partial charge in [0.05, 0.1) is 25.7 Å². The number of nitrogens with zero attached hydrogens (tertiary/aromatic N) is 3. The first kappa shape index (κ1) is 23.7. The van der Waals surface area contributed by atoms with E-state index in [1.807, 2.05) is 6.92 Å². The van der Waals surface area contributed by atoms with Crippen molar-refractivity contribution in [2.75, 3.05) is 45.9 Å². The van der Waals surface area contributed by atoms with Crippen LogP contribution in [-0.4, -0.2) is 77.4 Å². The van der Waals surface area contributed by atoms with E-state index in [4.69, 9.17) is 4.74 Å². The van der Waals surface area contributed by atoms with Crippen LogP contribution in [0.25, 0.3) is 21.8 Å². The number of rotatable bonds is 8. The Hall–Kier alpha value is -1.45. The van der Waals surface area contributed by atoms with Crippen LogP contribution in [0, 0.1) is 0 Å². The molecule has 1 aromatic heterocycles. The van der Waals surface area contributed by atoms with Crippen LogP contribution >= 0.6 is 31.9 Å². The predicted octanol–water partition coefficient (Wildman–Crippen LogP) is 4.25. The molecule has 6 nitrogen and oxygen atoms in total. The number of β-amino-alcohol motifs (C(OH)–C–C–N with tert-alkyl or cyclic N) is 1. The zero-order valence-corrected chi connectivity index (χ0v) is 21.4. The molecule has 1 saturated heterocycles. The standard InChI is InChI=1S/C24H29Br2N3O3/c1-2-32-24(31)7-8-27-9-11-28(12-10-27)15-19(30)16-29-22-5-3-17(25)13-20(22)21-14-18(26)4-6-23(21)29/h3-6,13-14,19,30H,2,7-12,15-16H2,1H3/t19-/m1/s1. The molecule has 0 bridgehead atoms. The fraction of sp³-hybridized carbons (Fsp3) is 0.458. The molecule has 8 heteroatoms. The number of esters is 1. The number of hydrogen-bond acceptors (Lipinski definition) is 5. The fourth-order valence-electron chi connectivity index (χ4n) is 4.49. The van der Waals surface area contributed by atoms with Crippen LogP contribution in [-0.2, 0) is 16.1 Å². The van der Waals surface area contributed by atoms with E-state index >= 15 is 0 Å². The summed E-state index contributed by atoms with van der Waals surface area (Å²) in [7, 11) is 0. The van der Waals surface area contributed by atoms with Crippen LogP contribution < -0.4 is 0 Å². The molecule has 0 spiro atoms. The van der Waals surface area contributed by atoms with Gasteiger partial charge in [-0.25, -0.2) is 0 Å². The number of halogens is 2. The van der Waals surface area contributed by atoms with Crippen LogP contribution in [0.5, 0.6) is 0 Å². The number of aromatic nitrogens is 1. The van der Waals surface area contributed by atoms with Crippen LogP contribution in [0.4, 0.5) is 0 Å². The SMILES string of the molecule is CCOC(=O)CCN1CCN(C[C@@H](O)Cn2c3ccc(Br)cc3c3cc(Br)ccc32)CC1. The van der Waals surface area contributed by atoms with Crippen molar-refractivity contribution in [2.45, 2.75) is 26.0 Å². The van der Waals surface area contributed by atoms with Crippen molar-refractivity contribution in [3.05, 3.63) is 45.3 Å². The van der Waals surface area contributed by atoms with Crippen LogP contribution in [0.15, 0.2) is 45.3 Å². The molecule has 2 aromatic carbocycles. The summed E-state index contributed by atoms with van der Waals surface area (Å²) in [5.74, 6) is -0.129. The summed E-state index contributed by atoms with van der Waals surface area (Å²) < 4.78 is 9.33. The van der Waals surface area contributed by atoms with Crippen LogP contribution in [0.1, 0.15) is 13.3 Å². The van der Waals surface area contributed by atoms with E-state index in [9.17, 15) is 9.90 Å². The maximum absolute atomic E-state index is 11.6. The van der Waals surface area contributed by atoms with Gasteiger partial charge in [-0.1, -0.05) is 31.9 Å². The highest BCUT2D eigenvalue weighted by Gasteiger charge is 2.21. The number of carbonyl (C=O) groups excluding carboxylic acids is 1. The Labute approximate surface area is 205 Å². The lowest BCUT2D eigenvalue weighted by Gasteiger charge is -2.35. The molecule has 172 valence electrons. The van der Waals surface area contributed by atoms with Gasteiger partial charge in [0.1, 0.15) is 0 Å². The summed E-state index contributed by atoms with van der Waals surface area (Å²) in [4.78, 5) is 16.2. The van der Waals surface area contributed by atoms with Crippen molar-refractivity contribution in [1.82, 2.24) is 14.4 Å². The molecule has 1 fully saturated rings. The largest absolute Gasteiger partial charge is 0.466 e. The van der Waals surface area contributed by atoms with Gasteiger partial charge in [0, 0.05) is 70.0 Å². The molecule has 32 heavy (non-hydrogen) atoms. The number of hydrogen-bond donors (Lipinski definition) is 1. The number of fused-ring (bicyclic) bond motifs is 3. The molecule has 1 atom stereocenters. The van der Waals surface area contributed by atoms with Gasteiger partial charge in [0.15, 0.2) is 0 Å². The van der Waals surface area contributed by atoms with Crippen molar-refractivity contribution in [3.8, 4) is 0 Å². The molecule has 1 aliphatic rings. The minimum Gasteiger partial charge on any atom is -0.466 e. The second-order valence-electron chi connectivity index (χ2n) is 8.28. The first-order chi connectivity index (χ1) is 15.4. The topological polar surface area (TPSA) is 57.9 Å². The normalized spacial score (nSPS) is 16.6. The maximum atomic E-state index is 11.6. The molecule has 0 amide bonds. The van der Waals surface area contributed by atoms with E-state index in [2.05, 4.69) is 82.6 Å². The van der Waals surface area contributed by atoms with E-state index < -0.39 is 6.10 Å². The fourth-order valence-corrected chi connectivity index (χ4v) is 5.21. The molecule has 4 rings (SSSR count). The third-order valence-corrected chi connectivity index (χ3v) is 7.04. The molecule has 0 unspecified atom stereocenters. The first-order valence-corrected chi connectivity index (χ1v) is 12.7. The summed E-state index contributed by atoms with van der Waals surface area (Å²) in [5.41, 5.74) is 2.26. The summed E-state index contributed by atoms with van der Waals surface area (Å²) in [6, 6.07) is 12.6. The summed E-state index contributed by atoms with van der Waals surface area (Å²) in [6.07, 6.45) is -0.0246. The van der Waals surface area contributed by atoms with E-state index in [1.54, 1.807) is 0 Å². The minimum atomic E-state index is -0.466.